The molecular formula is C35H31BN2OSe. The second-order valence-corrected chi connectivity index (χ2v) is 13.6. The van der Waals surface area contributed by atoms with E-state index in [0.29, 0.717) is 0 Å². The van der Waals surface area contributed by atoms with Gasteiger partial charge in [0.1, 0.15) is 0 Å². The Labute approximate surface area is 242 Å². The van der Waals surface area contributed by atoms with E-state index in [9.17, 15) is 0 Å². The van der Waals surface area contributed by atoms with E-state index in [4.69, 9.17) is 4.74 Å². The Bertz CT molecular complexity index is 1870. The van der Waals surface area contributed by atoms with Gasteiger partial charge >= 0.3 is 243 Å². The molecule has 4 aromatic carbocycles. The van der Waals surface area contributed by atoms with E-state index in [1.54, 1.807) is 5.56 Å². The molecule has 0 N–H and O–H groups in total. The maximum absolute atomic E-state index is 6.70. The number of benzene rings is 4. The van der Waals surface area contributed by atoms with Gasteiger partial charge in [0, 0.05) is 0 Å². The third-order valence-corrected chi connectivity index (χ3v) is 11.3. The minimum atomic E-state index is 0.154. The molecule has 1 aromatic heterocycles. The molecule has 40 heavy (non-hydrogen) atoms. The molecule has 0 saturated carbocycles. The molecule has 0 amide bonds. The fraction of sp³-hybridized carbons (Fsp3) is 0.200. The van der Waals surface area contributed by atoms with Crippen LogP contribution in [0.1, 0.15) is 36.6 Å². The summed E-state index contributed by atoms with van der Waals surface area (Å²) in [6.45, 7) is 2.26. The van der Waals surface area contributed by atoms with E-state index in [-0.39, 0.29) is 21.7 Å². The maximum atomic E-state index is 6.70. The Kier molecular flexibility index (Phi) is 5.55. The number of nitrogens with zero attached hydrogens (tertiary/aromatic N) is 2. The molecular weight excluding hydrogens is 554 g/mol. The van der Waals surface area contributed by atoms with Crippen LogP contribution in [0.4, 0.5) is 5.69 Å². The molecule has 5 aromatic rings. The normalized spacial score (nSPS) is 14.9. The van der Waals surface area contributed by atoms with Gasteiger partial charge in [-0.3, -0.25) is 0 Å². The van der Waals surface area contributed by atoms with Gasteiger partial charge in [-0.15, -0.1) is 0 Å². The first-order chi connectivity index (χ1) is 19.6. The molecule has 0 atom stereocenters. The third-order valence-electron chi connectivity index (χ3n) is 8.79. The summed E-state index contributed by atoms with van der Waals surface area (Å²) in [6.07, 6.45) is 9.22. The number of para-hydroxylation sites is 1. The van der Waals surface area contributed by atoms with Crippen molar-refractivity contribution in [2.24, 2.45) is 0 Å². The Morgan fingerprint density at radius 1 is 0.900 bits per heavy atom. The van der Waals surface area contributed by atoms with E-state index >= 15 is 0 Å². The molecule has 0 unspecified atom stereocenters. The zero-order valence-corrected chi connectivity index (χ0v) is 24.9. The van der Waals surface area contributed by atoms with E-state index in [1.165, 1.54) is 72.4 Å². The first-order valence-electron chi connectivity index (χ1n) is 14.3. The summed E-state index contributed by atoms with van der Waals surface area (Å²) in [6, 6.07) is 27.5. The molecule has 0 bridgehead atoms. The average molecular weight is 585 g/mol. The predicted octanol–water partition coefficient (Wildman–Crippen LogP) is 4.20. The first kappa shape index (κ1) is 24.2. The number of rotatable bonds is 3. The average Bonchev–Trinajstić information content (AvgIpc) is 3.30. The topological polar surface area (TPSA) is 17.4 Å². The fourth-order valence-electron chi connectivity index (χ4n) is 7.03. The number of aromatic nitrogens is 1. The number of hydrogen-bond acceptors (Lipinski definition) is 2. The number of fused-ring (bicyclic) bond motifs is 7. The van der Waals surface area contributed by atoms with Gasteiger partial charge in [0.2, 0.25) is 0 Å². The van der Waals surface area contributed by atoms with Gasteiger partial charge in [-0.1, -0.05) is 0 Å². The second kappa shape index (κ2) is 9.19. The van der Waals surface area contributed by atoms with E-state index in [0.717, 1.165) is 23.6 Å². The summed E-state index contributed by atoms with van der Waals surface area (Å²) in [7, 11) is 4.18. The number of ether oxygens (including phenoxy) is 1. The van der Waals surface area contributed by atoms with Crippen LogP contribution >= 0.6 is 0 Å². The molecule has 196 valence electrons. The Balaban J connectivity index is 1.41. The van der Waals surface area contributed by atoms with Gasteiger partial charge in [0.05, 0.1) is 0 Å². The van der Waals surface area contributed by atoms with Crippen molar-refractivity contribution >= 4 is 69.6 Å². The van der Waals surface area contributed by atoms with Crippen LogP contribution in [0.3, 0.4) is 0 Å². The predicted molar refractivity (Wildman–Crippen MR) is 172 cm³/mol. The zero-order chi connectivity index (χ0) is 27.0. The van der Waals surface area contributed by atoms with Crippen LogP contribution < -0.4 is 34.9 Å². The monoisotopic (exact) mass is 586 g/mol. The Hall–Kier alpha value is -3.66. The molecule has 0 saturated heterocycles. The van der Waals surface area contributed by atoms with Gasteiger partial charge in [-0.05, 0) is 0 Å². The van der Waals surface area contributed by atoms with E-state index < -0.39 is 0 Å². The first-order valence-corrected chi connectivity index (χ1v) is 16.1. The summed E-state index contributed by atoms with van der Waals surface area (Å²) < 4.78 is 12.3. The molecule has 0 radical (unpaired) electrons. The molecule has 0 fully saturated rings. The summed E-state index contributed by atoms with van der Waals surface area (Å²) in [5.74, 6) is 1.99. The zero-order valence-electron chi connectivity index (χ0n) is 23.2. The molecule has 3 nitrogen and oxygen atoms in total. The summed E-state index contributed by atoms with van der Waals surface area (Å²) in [4.78, 5) is 2.15. The van der Waals surface area contributed by atoms with Crippen molar-refractivity contribution in [3.05, 3.63) is 95.7 Å². The molecule has 2 aliphatic heterocycles. The van der Waals surface area contributed by atoms with Crippen LogP contribution in [0.2, 0.25) is 0 Å². The fourth-order valence-corrected chi connectivity index (χ4v) is 9.78. The summed E-state index contributed by atoms with van der Waals surface area (Å²) in [5.41, 5.74) is 12.3. The van der Waals surface area contributed by atoms with Crippen LogP contribution in [0.15, 0.2) is 78.9 Å². The van der Waals surface area contributed by atoms with Gasteiger partial charge in [0.25, 0.3) is 0 Å². The van der Waals surface area contributed by atoms with Crippen LogP contribution in [0, 0.1) is 0 Å². The quantitative estimate of drug-likeness (QED) is 0.290. The number of anilines is 1. The van der Waals surface area contributed by atoms with Crippen LogP contribution in [0.25, 0.3) is 22.7 Å². The molecule has 8 rings (SSSR count). The Morgan fingerprint density at radius 2 is 1.77 bits per heavy atom. The molecule has 5 heteroatoms. The SMILES string of the molecule is C/C=C/c1cc2c3c(c1)[Se]c1c(cccc1-n1c4c(c5ccccc51)CCCC4)B3c1ccc(N(C)C)cc1O2. The molecule has 0 spiro atoms. The van der Waals surface area contributed by atoms with E-state index in [2.05, 4.69) is 115 Å². The van der Waals surface area contributed by atoms with Crippen LogP contribution in [-0.4, -0.2) is 40.3 Å². The van der Waals surface area contributed by atoms with Crippen molar-refractivity contribution in [3.8, 4) is 17.2 Å². The van der Waals surface area contributed by atoms with Crippen LogP contribution in [-0.2, 0) is 12.8 Å². The molecule has 3 heterocycles. The molecule has 3 aliphatic rings. The molecule has 1 aliphatic carbocycles. The second-order valence-electron chi connectivity index (χ2n) is 11.4. The van der Waals surface area contributed by atoms with E-state index in [1.807, 2.05) is 0 Å². The van der Waals surface area contributed by atoms with Crippen LogP contribution in [0.5, 0.6) is 11.5 Å². The summed E-state index contributed by atoms with van der Waals surface area (Å²) in [5, 5.41) is 1.43. The van der Waals surface area contributed by atoms with Gasteiger partial charge in [0.15, 0.2) is 0 Å². The number of hydrogen-bond donors (Lipinski definition) is 0. The number of allylic oxidation sites excluding steroid dienone is 1. The van der Waals surface area contributed by atoms with Gasteiger partial charge in [-0.25, -0.2) is 0 Å². The van der Waals surface area contributed by atoms with Crippen molar-refractivity contribution in [2.45, 2.75) is 32.6 Å². The van der Waals surface area contributed by atoms with Crippen molar-refractivity contribution in [3.63, 3.8) is 0 Å². The minimum absolute atomic E-state index is 0.154. The van der Waals surface area contributed by atoms with Crippen molar-refractivity contribution in [2.75, 3.05) is 19.0 Å². The van der Waals surface area contributed by atoms with Crippen molar-refractivity contribution < 1.29 is 4.74 Å². The summed E-state index contributed by atoms with van der Waals surface area (Å²) >= 11 is 0.154. The number of aryl methyl sites for hydroxylation is 1. The van der Waals surface area contributed by atoms with Crippen molar-refractivity contribution in [1.29, 1.82) is 0 Å². The standard InChI is InChI=1S/C35H31BN2OSe/c1-4-10-22-19-32-34-33(20-22)40-35-27(36(34)26-18-17-23(37(2)3)21-31(26)39-32)13-9-16-30(35)38-28-14-7-5-11-24(28)25-12-6-8-15-29(25)38/h4-5,7,9-11,13-14,16-21H,6,8,12,15H2,1-3H3/b10-4+. The third kappa shape index (κ3) is 3.51. The van der Waals surface area contributed by atoms with Gasteiger partial charge < -0.3 is 0 Å². The van der Waals surface area contributed by atoms with Gasteiger partial charge in [-0.2, -0.15) is 0 Å². The van der Waals surface area contributed by atoms with Crippen molar-refractivity contribution in [1.82, 2.24) is 4.57 Å². The Morgan fingerprint density at radius 3 is 2.65 bits per heavy atom.